The summed E-state index contributed by atoms with van der Waals surface area (Å²) in [5.41, 5.74) is 2.17. The van der Waals surface area contributed by atoms with Gasteiger partial charge in [0.25, 0.3) is 0 Å². The summed E-state index contributed by atoms with van der Waals surface area (Å²) in [6.45, 7) is -0.828. The number of hydrogen-bond acceptors (Lipinski definition) is 2. The fourth-order valence-electron chi connectivity index (χ4n) is 2.54. The molecule has 0 aliphatic heterocycles. The van der Waals surface area contributed by atoms with Gasteiger partial charge in [-0.2, -0.15) is 8.78 Å². The molecule has 3 nitrogen and oxygen atoms in total. The zero-order valence-electron chi connectivity index (χ0n) is 14.3. The molecule has 2 aromatic carbocycles. The van der Waals surface area contributed by atoms with Gasteiger partial charge >= 0.3 is 6.61 Å². The lowest BCUT2D eigenvalue weighted by Crippen LogP contribution is -2.33. The number of carbonyl (C=O) groups is 1. The van der Waals surface area contributed by atoms with Crippen molar-refractivity contribution in [2.24, 2.45) is 0 Å². The van der Waals surface area contributed by atoms with E-state index in [-0.39, 0.29) is 17.7 Å². The molecule has 1 amide bonds. The Bertz CT molecular complexity index is 645. The smallest absolute Gasteiger partial charge is 0.387 e. The average molecular weight is 347 g/mol. The minimum Gasteiger partial charge on any atom is -0.435 e. The summed E-state index contributed by atoms with van der Waals surface area (Å²) in [5.74, 6) is 0.117. The molecule has 2 rings (SSSR count). The van der Waals surface area contributed by atoms with Crippen LogP contribution in [0.2, 0.25) is 0 Å². The quantitative estimate of drug-likeness (QED) is 0.732. The van der Waals surface area contributed by atoms with E-state index in [9.17, 15) is 13.6 Å². The minimum atomic E-state index is -2.82. The molecule has 0 fully saturated rings. The number of aryl methyl sites for hydroxylation is 2. The normalized spacial score (nSPS) is 12.0. The predicted octanol–water partition coefficient (Wildman–Crippen LogP) is 4.36. The zero-order chi connectivity index (χ0) is 18.1. The van der Waals surface area contributed by atoms with E-state index in [4.69, 9.17) is 0 Å². The van der Waals surface area contributed by atoms with Crippen LogP contribution in [0.25, 0.3) is 0 Å². The van der Waals surface area contributed by atoms with Crippen molar-refractivity contribution in [3.8, 4) is 5.75 Å². The molecule has 0 bridgehead atoms. The SMILES string of the molecule is CC(CCc1ccccc1)NC(=O)CCc1ccc(OC(F)F)cc1. The van der Waals surface area contributed by atoms with Crippen LogP contribution in [-0.2, 0) is 17.6 Å². The monoisotopic (exact) mass is 347 g/mol. The molecule has 2 aromatic rings. The molecule has 1 atom stereocenters. The van der Waals surface area contributed by atoms with E-state index in [1.54, 1.807) is 12.1 Å². The lowest BCUT2D eigenvalue weighted by atomic mass is 10.1. The second-order valence-corrected chi connectivity index (χ2v) is 6.02. The maximum absolute atomic E-state index is 12.1. The Morgan fingerprint density at radius 1 is 1.00 bits per heavy atom. The highest BCUT2D eigenvalue weighted by Gasteiger charge is 2.09. The Kier molecular flexibility index (Phi) is 7.38. The first kappa shape index (κ1) is 18.9. The van der Waals surface area contributed by atoms with Gasteiger partial charge in [0, 0.05) is 12.5 Å². The van der Waals surface area contributed by atoms with Gasteiger partial charge < -0.3 is 10.1 Å². The van der Waals surface area contributed by atoms with Gasteiger partial charge in [0.05, 0.1) is 0 Å². The third-order valence-corrected chi connectivity index (χ3v) is 3.91. The molecule has 1 N–H and O–H groups in total. The van der Waals surface area contributed by atoms with Gasteiger partial charge in [-0.1, -0.05) is 42.5 Å². The molecule has 0 saturated heterocycles. The van der Waals surface area contributed by atoms with E-state index in [0.29, 0.717) is 12.8 Å². The van der Waals surface area contributed by atoms with Gasteiger partial charge in [0.15, 0.2) is 0 Å². The van der Waals surface area contributed by atoms with E-state index in [1.807, 2.05) is 25.1 Å². The fourth-order valence-corrected chi connectivity index (χ4v) is 2.54. The molecule has 0 radical (unpaired) electrons. The number of carbonyl (C=O) groups excluding carboxylic acids is 1. The summed E-state index contributed by atoms with van der Waals surface area (Å²) in [5, 5.41) is 3.00. The summed E-state index contributed by atoms with van der Waals surface area (Å²) in [7, 11) is 0. The van der Waals surface area contributed by atoms with E-state index < -0.39 is 6.61 Å². The third-order valence-electron chi connectivity index (χ3n) is 3.91. The number of rotatable bonds is 9. The number of benzene rings is 2. The van der Waals surface area contributed by atoms with Crippen molar-refractivity contribution in [1.29, 1.82) is 0 Å². The van der Waals surface area contributed by atoms with Gasteiger partial charge in [-0.05, 0) is 49.4 Å². The van der Waals surface area contributed by atoms with Crippen LogP contribution < -0.4 is 10.1 Å². The van der Waals surface area contributed by atoms with Crippen LogP contribution in [0, 0.1) is 0 Å². The Hall–Kier alpha value is -2.43. The van der Waals surface area contributed by atoms with Crippen LogP contribution in [-0.4, -0.2) is 18.6 Å². The van der Waals surface area contributed by atoms with Crippen molar-refractivity contribution in [2.45, 2.75) is 45.3 Å². The van der Waals surface area contributed by atoms with E-state index in [0.717, 1.165) is 18.4 Å². The van der Waals surface area contributed by atoms with Gasteiger partial charge in [0.2, 0.25) is 5.91 Å². The molecular formula is C20H23F2NO2. The Morgan fingerprint density at radius 3 is 2.28 bits per heavy atom. The van der Waals surface area contributed by atoms with Crippen molar-refractivity contribution < 1.29 is 18.3 Å². The molecule has 5 heteroatoms. The molecule has 0 aliphatic carbocycles. The van der Waals surface area contributed by atoms with E-state index >= 15 is 0 Å². The highest BCUT2D eigenvalue weighted by atomic mass is 19.3. The Morgan fingerprint density at radius 2 is 1.64 bits per heavy atom. The maximum Gasteiger partial charge on any atom is 0.387 e. The molecule has 25 heavy (non-hydrogen) atoms. The summed E-state index contributed by atoms with van der Waals surface area (Å²) < 4.78 is 28.5. The highest BCUT2D eigenvalue weighted by molar-refractivity contribution is 5.76. The van der Waals surface area contributed by atoms with Crippen LogP contribution in [0.1, 0.15) is 30.9 Å². The predicted molar refractivity (Wildman–Crippen MR) is 93.8 cm³/mol. The van der Waals surface area contributed by atoms with Crippen molar-refractivity contribution in [3.05, 3.63) is 65.7 Å². The summed E-state index contributed by atoms with van der Waals surface area (Å²) in [6, 6.07) is 16.6. The van der Waals surface area contributed by atoms with Crippen molar-refractivity contribution >= 4 is 5.91 Å². The zero-order valence-corrected chi connectivity index (χ0v) is 14.3. The molecule has 134 valence electrons. The van der Waals surface area contributed by atoms with Crippen LogP contribution in [0.15, 0.2) is 54.6 Å². The Labute approximate surface area is 147 Å². The largest absolute Gasteiger partial charge is 0.435 e. The van der Waals surface area contributed by atoms with Gasteiger partial charge in [-0.25, -0.2) is 0 Å². The van der Waals surface area contributed by atoms with Gasteiger partial charge in [-0.3, -0.25) is 4.79 Å². The van der Waals surface area contributed by atoms with Gasteiger partial charge in [-0.15, -0.1) is 0 Å². The van der Waals surface area contributed by atoms with E-state index in [1.165, 1.54) is 17.7 Å². The maximum atomic E-state index is 12.1. The van der Waals surface area contributed by atoms with Crippen LogP contribution in [0.5, 0.6) is 5.75 Å². The number of ether oxygens (including phenoxy) is 1. The van der Waals surface area contributed by atoms with Crippen molar-refractivity contribution in [1.82, 2.24) is 5.32 Å². The Balaban J connectivity index is 1.69. The van der Waals surface area contributed by atoms with Crippen molar-refractivity contribution in [2.75, 3.05) is 0 Å². The van der Waals surface area contributed by atoms with E-state index in [2.05, 4.69) is 22.2 Å². The first-order valence-corrected chi connectivity index (χ1v) is 8.40. The second kappa shape index (κ2) is 9.77. The highest BCUT2D eigenvalue weighted by Crippen LogP contribution is 2.15. The average Bonchev–Trinajstić information content (AvgIpc) is 2.60. The van der Waals surface area contributed by atoms with Crippen LogP contribution >= 0.6 is 0 Å². The topological polar surface area (TPSA) is 38.3 Å². The summed E-state index contributed by atoms with van der Waals surface area (Å²) >= 11 is 0. The standard InChI is InChI=1S/C20H23F2NO2/c1-15(7-8-16-5-3-2-4-6-16)23-19(24)14-11-17-9-12-18(13-10-17)25-20(21)22/h2-6,9-10,12-13,15,20H,7-8,11,14H2,1H3,(H,23,24). The number of alkyl halides is 2. The minimum absolute atomic E-state index is 0.00605. The molecular weight excluding hydrogens is 324 g/mol. The molecule has 1 unspecified atom stereocenters. The summed E-state index contributed by atoms with van der Waals surface area (Å²) in [6.07, 6.45) is 2.74. The number of amides is 1. The van der Waals surface area contributed by atoms with Crippen LogP contribution in [0.4, 0.5) is 8.78 Å². The molecule has 0 aliphatic rings. The molecule has 0 spiro atoms. The number of halogens is 2. The first-order valence-electron chi connectivity index (χ1n) is 8.40. The first-order chi connectivity index (χ1) is 12.0. The van der Waals surface area contributed by atoms with Gasteiger partial charge in [0.1, 0.15) is 5.75 Å². The third kappa shape index (κ3) is 7.33. The summed E-state index contributed by atoms with van der Waals surface area (Å²) in [4.78, 5) is 12.0. The number of hydrogen-bond donors (Lipinski definition) is 1. The molecule has 0 saturated carbocycles. The lowest BCUT2D eigenvalue weighted by Gasteiger charge is -2.14. The van der Waals surface area contributed by atoms with Crippen molar-refractivity contribution in [3.63, 3.8) is 0 Å². The van der Waals surface area contributed by atoms with Crippen LogP contribution in [0.3, 0.4) is 0 Å². The fraction of sp³-hybridized carbons (Fsp3) is 0.350. The number of nitrogens with one attached hydrogen (secondary N) is 1. The molecule has 0 aromatic heterocycles. The second-order valence-electron chi connectivity index (χ2n) is 6.02. The molecule has 0 heterocycles. The lowest BCUT2D eigenvalue weighted by molar-refractivity contribution is -0.121.